The van der Waals surface area contributed by atoms with Gasteiger partial charge in [0, 0.05) is 28.0 Å². The lowest BCUT2D eigenvalue weighted by Gasteiger charge is -2.35. The summed E-state index contributed by atoms with van der Waals surface area (Å²) in [6.45, 7) is 7.54. The maximum atomic E-state index is 13.8. The summed E-state index contributed by atoms with van der Waals surface area (Å²) in [5.74, 6) is 0.412. The summed E-state index contributed by atoms with van der Waals surface area (Å²) in [4.78, 5) is 33.4. The van der Waals surface area contributed by atoms with Crippen molar-refractivity contribution in [3.05, 3.63) is 87.6 Å². The lowest BCUT2D eigenvalue weighted by molar-refractivity contribution is -0.133. The Morgan fingerprint density at radius 1 is 0.919 bits per heavy atom. The summed E-state index contributed by atoms with van der Waals surface area (Å²) < 4.78 is 0. The number of carbonyl (C=O) groups excluding carboxylic acids is 2. The molecule has 3 aromatic rings. The summed E-state index contributed by atoms with van der Waals surface area (Å²) in [7, 11) is 0. The zero-order chi connectivity index (χ0) is 26.2. The number of amides is 3. The van der Waals surface area contributed by atoms with E-state index in [1.807, 2.05) is 47.4 Å². The number of nitrogens with one attached hydrogen (secondary N) is 1. The zero-order valence-corrected chi connectivity index (χ0v) is 23.1. The first-order chi connectivity index (χ1) is 17.9. The highest BCUT2D eigenvalue weighted by molar-refractivity contribution is 7.11. The highest BCUT2D eigenvalue weighted by Crippen LogP contribution is 2.25. The minimum atomic E-state index is -0.191. The van der Waals surface area contributed by atoms with Crippen molar-refractivity contribution >= 4 is 29.0 Å². The number of anilines is 1. The molecule has 1 fully saturated rings. The van der Waals surface area contributed by atoms with Gasteiger partial charge in [-0.15, -0.1) is 11.3 Å². The van der Waals surface area contributed by atoms with E-state index in [2.05, 4.69) is 50.4 Å². The number of aryl methyl sites for hydroxylation is 1. The molecule has 0 saturated heterocycles. The molecule has 1 aliphatic rings. The summed E-state index contributed by atoms with van der Waals surface area (Å²) in [6.07, 6.45) is 5.25. The third kappa shape index (κ3) is 7.68. The molecule has 2 aromatic carbocycles. The average molecular weight is 518 g/mol. The average Bonchev–Trinajstić information content (AvgIpc) is 3.32. The number of rotatable bonds is 9. The van der Waals surface area contributed by atoms with Gasteiger partial charge in [0.2, 0.25) is 5.91 Å². The van der Waals surface area contributed by atoms with Crippen LogP contribution in [0.25, 0.3) is 0 Å². The van der Waals surface area contributed by atoms with Crippen LogP contribution >= 0.6 is 11.3 Å². The molecule has 5 nitrogen and oxygen atoms in total. The van der Waals surface area contributed by atoms with Crippen molar-refractivity contribution in [1.82, 2.24) is 9.80 Å². The van der Waals surface area contributed by atoms with Crippen molar-refractivity contribution in [2.75, 3.05) is 11.9 Å². The van der Waals surface area contributed by atoms with Gasteiger partial charge in [0.05, 0.1) is 6.54 Å². The molecule has 0 unspecified atom stereocenters. The van der Waals surface area contributed by atoms with Crippen LogP contribution in [0.2, 0.25) is 0 Å². The molecule has 4 rings (SSSR count). The lowest BCUT2D eigenvalue weighted by atomic mass is 9.94. The molecule has 37 heavy (non-hydrogen) atoms. The fourth-order valence-corrected chi connectivity index (χ4v) is 5.85. The van der Waals surface area contributed by atoms with E-state index in [1.54, 1.807) is 16.2 Å². The second-order valence-electron chi connectivity index (χ2n) is 10.4. The minimum absolute atomic E-state index is 0.0224. The van der Waals surface area contributed by atoms with E-state index >= 15 is 0 Å². The van der Waals surface area contributed by atoms with E-state index in [4.69, 9.17) is 0 Å². The Hall–Kier alpha value is -3.12. The molecular weight excluding hydrogens is 478 g/mol. The molecule has 1 aliphatic carbocycles. The van der Waals surface area contributed by atoms with Crippen LogP contribution in [-0.4, -0.2) is 34.3 Å². The smallest absolute Gasteiger partial charge is 0.322 e. The molecule has 1 N–H and O–H groups in total. The maximum absolute atomic E-state index is 13.8. The Kier molecular flexibility index (Phi) is 9.40. The molecule has 0 aliphatic heterocycles. The SMILES string of the molecule is Cc1ccc(CN(Cc2ccccc2)C(=O)CN(C(=O)Nc2ccc(C(C)C)cc2)C2CCCCC2)s1. The van der Waals surface area contributed by atoms with Gasteiger partial charge in [-0.25, -0.2) is 4.79 Å². The highest BCUT2D eigenvalue weighted by atomic mass is 32.1. The quantitative estimate of drug-likeness (QED) is 0.318. The van der Waals surface area contributed by atoms with Crippen LogP contribution < -0.4 is 5.32 Å². The van der Waals surface area contributed by atoms with Gasteiger partial charge >= 0.3 is 6.03 Å². The molecule has 1 aromatic heterocycles. The molecule has 0 bridgehead atoms. The monoisotopic (exact) mass is 517 g/mol. The van der Waals surface area contributed by atoms with Crippen LogP contribution in [0.3, 0.4) is 0 Å². The zero-order valence-electron chi connectivity index (χ0n) is 22.3. The van der Waals surface area contributed by atoms with Crippen LogP contribution in [0, 0.1) is 6.92 Å². The second kappa shape index (κ2) is 12.9. The number of benzene rings is 2. The molecule has 1 saturated carbocycles. The number of thiophene rings is 1. The summed E-state index contributed by atoms with van der Waals surface area (Å²) in [6, 6.07) is 22.2. The topological polar surface area (TPSA) is 52.7 Å². The highest BCUT2D eigenvalue weighted by Gasteiger charge is 2.29. The third-order valence-corrected chi connectivity index (χ3v) is 8.11. The number of nitrogens with zero attached hydrogens (tertiary/aromatic N) is 2. The van der Waals surface area contributed by atoms with Gasteiger partial charge in [0.15, 0.2) is 0 Å². The van der Waals surface area contributed by atoms with Gasteiger partial charge in [0.25, 0.3) is 0 Å². The Morgan fingerprint density at radius 2 is 1.62 bits per heavy atom. The number of hydrogen-bond acceptors (Lipinski definition) is 3. The first kappa shape index (κ1) is 26.9. The van der Waals surface area contributed by atoms with E-state index < -0.39 is 0 Å². The minimum Gasteiger partial charge on any atom is -0.332 e. The molecule has 0 radical (unpaired) electrons. The van der Waals surface area contributed by atoms with Crippen molar-refractivity contribution in [2.45, 2.75) is 77.9 Å². The fourth-order valence-electron chi connectivity index (χ4n) is 4.95. The molecule has 6 heteroatoms. The van der Waals surface area contributed by atoms with Crippen molar-refractivity contribution in [2.24, 2.45) is 0 Å². The molecule has 1 heterocycles. The first-order valence-electron chi connectivity index (χ1n) is 13.4. The van der Waals surface area contributed by atoms with Crippen molar-refractivity contribution in [1.29, 1.82) is 0 Å². The lowest BCUT2D eigenvalue weighted by Crippen LogP contribution is -2.49. The van der Waals surface area contributed by atoms with Crippen LogP contribution in [0.5, 0.6) is 0 Å². The predicted octanol–water partition coefficient (Wildman–Crippen LogP) is 7.58. The number of carbonyl (C=O) groups is 2. The van der Waals surface area contributed by atoms with Gasteiger partial charge < -0.3 is 15.1 Å². The second-order valence-corrected chi connectivity index (χ2v) is 11.7. The van der Waals surface area contributed by atoms with Crippen molar-refractivity contribution in [3.8, 4) is 0 Å². The summed E-state index contributed by atoms with van der Waals surface area (Å²) in [5, 5.41) is 3.07. The molecule has 196 valence electrons. The van der Waals surface area contributed by atoms with Gasteiger partial charge in [-0.3, -0.25) is 4.79 Å². The number of urea groups is 1. The normalized spacial score (nSPS) is 13.9. The van der Waals surface area contributed by atoms with Gasteiger partial charge in [0.1, 0.15) is 6.54 Å². The van der Waals surface area contributed by atoms with Crippen molar-refractivity contribution < 1.29 is 9.59 Å². The Bertz CT molecular complexity index is 1150. The van der Waals surface area contributed by atoms with Gasteiger partial charge in [-0.05, 0) is 61.1 Å². The van der Waals surface area contributed by atoms with Gasteiger partial charge in [-0.2, -0.15) is 0 Å². The predicted molar refractivity (Wildman–Crippen MR) is 153 cm³/mol. The third-order valence-electron chi connectivity index (χ3n) is 7.12. The van der Waals surface area contributed by atoms with Crippen LogP contribution in [0.4, 0.5) is 10.5 Å². The molecule has 0 spiro atoms. The largest absolute Gasteiger partial charge is 0.332 e. The Morgan fingerprint density at radius 3 is 2.24 bits per heavy atom. The summed E-state index contributed by atoms with van der Waals surface area (Å²) in [5.41, 5.74) is 3.08. The van der Waals surface area contributed by atoms with E-state index in [-0.39, 0.29) is 24.5 Å². The van der Waals surface area contributed by atoms with Crippen molar-refractivity contribution in [3.63, 3.8) is 0 Å². The van der Waals surface area contributed by atoms with Crippen LogP contribution in [-0.2, 0) is 17.9 Å². The first-order valence-corrected chi connectivity index (χ1v) is 14.3. The number of hydrogen-bond donors (Lipinski definition) is 1. The van der Waals surface area contributed by atoms with E-state index in [9.17, 15) is 9.59 Å². The van der Waals surface area contributed by atoms with Gasteiger partial charge in [-0.1, -0.05) is 75.6 Å². The molecule has 0 atom stereocenters. The Balaban J connectivity index is 1.52. The van der Waals surface area contributed by atoms with E-state index in [0.29, 0.717) is 19.0 Å². The van der Waals surface area contributed by atoms with Crippen LogP contribution in [0.1, 0.15) is 72.8 Å². The van der Waals surface area contributed by atoms with Crippen LogP contribution in [0.15, 0.2) is 66.7 Å². The fraction of sp³-hybridized carbons (Fsp3) is 0.419. The molecular formula is C31H39N3O2S. The Labute approximate surface area is 225 Å². The molecule has 3 amide bonds. The maximum Gasteiger partial charge on any atom is 0.322 e. The van der Waals surface area contributed by atoms with E-state index in [0.717, 1.165) is 41.8 Å². The van der Waals surface area contributed by atoms with E-state index in [1.165, 1.54) is 16.9 Å². The summed E-state index contributed by atoms with van der Waals surface area (Å²) >= 11 is 1.72. The standard InChI is InChI=1S/C31H39N3O2S/c1-23(2)26-15-17-27(18-16-26)32-31(36)34(28-12-8-5-9-13-28)22-30(35)33(20-25-10-6-4-7-11-25)21-29-19-14-24(3)37-29/h4,6-7,10-11,14-19,23,28H,5,8-9,12-13,20-22H2,1-3H3,(H,32,36).